The number of pyridine rings is 1. The van der Waals surface area contributed by atoms with Crippen molar-refractivity contribution in [2.24, 2.45) is 5.41 Å². The normalized spacial score (nSPS) is 11.3. The Morgan fingerprint density at radius 1 is 1.47 bits per heavy atom. The Morgan fingerprint density at radius 2 is 2.12 bits per heavy atom. The van der Waals surface area contributed by atoms with Crippen LogP contribution in [0.15, 0.2) is 12.1 Å². The van der Waals surface area contributed by atoms with E-state index in [-0.39, 0.29) is 22.0 Å². The highest BCUT2D eigenvalue weighted by Crippen LogP contribution is 2.20. The van der Waals surface area contributed by atoms with Crippen molar-refractivity contribution in [3.63, 3.8) is 0 Å². The number of carboxylic acid groups (broad SMARTS) is 1. The van der Waals surface area contributed by atoms with Gasteiger partial charge >= 0.3 is 5.97 Å². The van der Waals surface area contributed by atoms with E-state index in [1.54, 1.807) is 0 Å². The third-order valence-electron chi connectivity index (χ3n) is 2.12. The quantitative estimate of drug-likeness (QED) is 0.841. The van der Waals surface area contributed by atoms with Gasteiger partial charge < -0.3 is 9.84 Å². The summed E-state index contributed by atoms with van der Waals surface area (Å²) in [6.07, 6.45) is 0.851. The molecule has 0 saturated carbocycles. The fraction of sp³-hybridized carbons (Fsp3) is 0.500. The van der Waals surface area contributed by atoms with Gasteiger partial charge in [-0.3, -0.25) is 0 Å². The van der Waals surface area contributed by atoms with E-state index in [1.807, 2.05) is 0 Å². The van der Waals surface area contributed by atoms with Crippen LogP contribution in [0.2, 0.25) is 5.15 Å². The summed E-state index contributed by atoms with van der Waals surface area (Å²) in [5, 5.41) is 8.97. The van der Waals surface area contributed by atoms with Crippen molar-refractivity contribution >= 4 is 17.6 Å². The van der Waals surface area contributed by atoms with Crippen LogP contribution in [0.3, 0.4) is 0 Å². The molecule has 0 aliphatic heterocycles. The summed E-state index contributed by atoms with van der Waals surface area (Å²) in [5.41, 5.74) is 0.240. The molecular formula is C12H16ClNO3. The zero-order valence-corrected chi connectivity index (χ0v) is 10.9. The maximum absolute atomic E-state index is 10.8. The SMILES string of the molecule is CC(C)(C)CCOc1cc(C(=O)O)cc(Cl)n1. The lowest BCUT2D eigenvalue weighted by molar-refractivity contribution is 0.0696. The molecule has 0 atom stereocenters. The van der Waals surface area contributed by atoms with E-state index < -0.39 is 5.97 Å². The molecule has 0 aliphatic rings. The molecule has 0 bridgehead atoms. The fourth-order valence-electron chi connectivity index (χ4n) is 1.13. The van der Waals surface area contributed by atoms with Crippen LogP contribution < -0.4 is 4.74 Å². The highest BCUT2D eigenvalue weighted by atomic mass is 35.5. The molecule has 0 amide bonds. The van der Waals surface area contributed by atoms with Crippen LogP contribution in [0, 0.1) is 5.41 Å². The maximum Gasteiger partial charge on any atom is 0.335 e. The number of ether oxygens (including phenoxy) is 1. The molecular weight excluding hydrogens is 242 g/mol. The second kappa shape index (κ2) is 5.36. The van der Waals surface area contributed by atoms with Gasteiger partial charge in [-0.05, 0) is 17.9 Å². The zero-order chi connectivity index (χ0) is 13.1. The minimum Gasteiger partial charge on any atom is -0.478 e. The van der Waals surface area contributed by atoms with E-state index >= 15 is 0 Å². The minimum absolute atomic E-state index is 0.0794. The molecule has 0 saturated heterocycles. The van der Waals surface area contributed by atoms with Gasteiger partial charge in [0.2, 0.25) is 5.88 Å². The molecule has 17 heavy (non-hydrogen) atoms. The first kappa shape index (κ1) is 13.8. The molecule has 1 aromatic rings. The standard InChI is InChI=1S/C12H16ClNO3/c1-12(2,3)4-5-17-10-7-8(11(15)16)6-9(13)14-10/h6-7H,4-5H2,1-3H3,(H,15,16). The van der Waals surface area contributed by atoms with Gasteiger partial charge in [0.15, 0.2) is 0 Å². The first-order valence-electron chi connectivity index (χ1n) is 5.31. The molecule has 5 heteroatoms. The third-order valence-corrected chi connectivity index (χ3v) is 2.31. The summed E-state index contributed by atoms with van der Waals surface area (Å²) in [6.45, 7) is 6.79. The largest absolute Gasteiger partial charge is 0.478 e. The summed E-state index contributed by atoms with van der Waals surface area (Å²) in [7, 11) is 0. The second-order valence-corrected chi connectivity index (χ2v) is 5.37. The molecule has 1 aromatic heterocycles. The Morgan fingerprint density at radius 3 is 2.65 bits per heavy atom. The first-order valence-corrected chi connectivity index (χ1v) is 5.69. The van der Waals surface area contributed by atoms with Gasteiger partial charge in [0.05, 0.1) is 12.2 Å². The molecule has 0 spiro atoms. The molecule has 94 valence electrons. The topological polar surface area (TPSA) is 59.4 Å². The number of carbonyl (C=O) groups is 1. The summed E-state index contributed by atoms with van der Waals surface area (Å²) in [4.78, 5) is 14.7. The number of hydrogen-bond donors (Lipinski definition) is 1. The van der Waals surface area contributed by atoms with Crippen LogP contribution in [0.1, 0.15) is 37.6 Å². The Balaban J connectivity index is 2.68. The Labute approximate surface area is 106 Å². The van der Waals surface area contributed by atoms with Crippen LogP contribution in [-0.2, 0) is 0 Å². The van der Waals surface area contributed by atoms with Crippen molar-refractivity contribution in [3.05, 3.63) is 22.8 Å². The van der Waals surface area contributed by atoms with E-state index in [0.717, 1.165) is 6.42 Å². The number of halogens is 1. The van der Waals surface area contributed by atoms with Crippen LogP contribution in [0.25, 0.3) is 0 Å². The number of aromatic carboxylic acids is 1. The molecule has 4 nitrogen and oxygen atoms in total. The molecule has 0 unspecified atom stereocenters. The lowest BCUT2D eigenvalue weighted by atomic mass is 9.93. The first-order chi connectivity index (χ1) is 7.78. The third kappa shape index (κ3) is 5.04. The lowest BCUT2D eigenvalue weighted by Gasteiger charge is -2.17. The number of aromatic nitrogens is 1. The molecule has 1 N–H and O–H groups in total. The monoisotopic (exact) mass is 257 g/mol. The van der Waals surface area contributed by atoms with Gasteiger partial charge in [0.25, 0.3) is 0 Å². The highest BCUT2D eigenvalue weighted by Gasteiger charge is 2.12. The smallest absolute Gasteiger partial charge is 0.335 e. The summed E-state index contributed by atoms with van der Waals surface area (Å²) >= 11 is 5.71. The van der Waals surface area contributed by atoms with Gasteiger partial charge in [0, 0.05) is 6.07 Å². The van der Waals surface area contributed by atoms with Crippen LogP contribution >= 0.6 is 11.6 Å². The van der Waals surface area contributed by atoms with Crippen molar-refractivity contribution in [1.82, 2.24) is 4.98 Å². The molecule has 0 aromatic carbocycles. The Bertz CT molecular complexity index is 413. The molecule has 0 fully saturated rings. The van der Waals surface area contributed by atoms with Gasteiger partial charge in [0.1, 0.15) is 5.15 Å². The van der Waals surface area contributed by atoms with Crippen molar-refractivity contribution < 1.29 is 14.6 Å². The van der Waals surface area contributed by atoms with E-state index in [0.29, 0.717) is 6.61 Å². The predicted octanol–water partition coefficient (Wildman–Crippen LogP) is 3.25. The second-order valence-electron chi connectivity index (χ2n) is 4.98. The number of hydrogen-bond acceptors (Lipinski definition) is 3. The Kier molecular flexibility index (Phi) is 4.34. The zero-order valence-electron chi connectivity index (χ0n) is 10.2. The molecule has 0 radical (unpaired) electrons. The van der Waals surface area contributed by atoms with Gasteiger partial charge in [-0.1, -0.05) is 32.4 Å². The van der Waals surface area contributed by atoms with Gasteiger partial charge in [-0.15, -0.1) is 0 Å². The average Bonchev–Trinajstić information content (AvgIpc) is 2.14. The fourth-order valence-corrected chi connectivity index (χ4v) is 1.33. The van der Waals surface area contributed by atoms with E-state index in [2.05, 4.69) is 25.8 Å². The van der Waals surface area contributed by atoms with Crippen molar-refractivity contribution in [3.8, 4) is 5.88 Å². The average molecular weight is 258 g/mol. The summed E-state index contributed by atoms with van der Waals surface area (Å²) in [6, 6.07) is 2.66. The molecule has 1 heterocycles. The minimum atomic E-state index is -1.05. The van der Waals surface area contributed by atoms with E-state index in [1.165, 1.54) is 12.1 Å². The number of carboxylic acids is 1. The van der Waals surface area contributed by atoms with Gasteiger partial charge in [-0.2, -0.15) is 0 Å². The van der Waals surface area contributed by atoms with Crippen LogP contribution in [0.5, 0.6) is 5.88 Å². The van der Waals surface area contributed by atoms with Crippen molar-refractivity contribution in [1.29, 1.82) is 0 Å². The van der Waals surface area contributed by atoms with E-state index in [4.69, 9.17) is 21.4 Å². The summed E-state index contributed by atoms with van der Waals surface area (Å²) < 4.78 is 5.39. The van der Waals surface area contributed by atoms with E-state index in [9.17, 15) is 4.79 Å². The highest BCUT2D eigenvalue weighted by molar-refractivity contribution is 6.29. The maximum atomic E-state index is 10.8. The number of rotatable bonds is 4. The predicted molar refractivity (Wildman–Crippen MR) is 65.8 cm³/mol. The van der Waals surface area contributed by atoms with Crippen molar-refractivity contribution in [2.75, 3.05) is 6.61 Å². The summed E-state index contributed by atoms with van der Waals surface area (Å²) in [5.74, 6) is -0.797. The lowest BCUT2D eigenvalue weighted by Crippen LogP contribution is -2.12. The van der Waals surface area contributed by atoms with Crippen LogP contribution in [0.4, 0.5) is 0 Å². The Hall–Kier alpha value is -1.29. The van der Waals surface area contributed by atoms with Crippen LogP contribution in [-0.4, -0.2) is 22.7 Å². The molecule has 0 aliphatic carbocycles. The molecule has 1 rings (SSSR count). The van der Waals surface area contributed by atoms with Gasteiger partial charge in [-0.25, -0.2) is 9.78 Å². The van der Waals surface area contributed by atoms with Crippen molar-refractivity contribution in [2.45, 2.75) is 27.2 Å². The number of nitrogens with zero attached hydrogens (tertiary/aromatic N) is 1.